The molecule has 5 nitrogen and oxygen atoms in total. The van der Waals surface area contributed by atoms with Gasteiger partial charge in [-0.2, -0.15) is 0 Å². The van der Waals surface area contributed by atoms with Gasteiger partial charge in [-0.25, -0.2) is 0 Å². The number of benzene rings is 3. The summed E-state index contributed by atoms with van der Waals surface area (Å²) in [5, 5.41) is 3.16. The highest BCUT2D eigenvalue weighted by Crippen LogP contribution is 2.69. The first-order chi connectivity index (χ1) is 17.1. The summed E-state index contributed by atoms with van der Waals surface area (Å²) >= 11 is 24.3. The van der Waals surface area contributed by atoms with E-state index in [9.17, 15) is 14.4 Å². The smallest absolute Gasteiger partial charge is 0.247 e. The van der Waals surface area contributed by atoms with E-state index in [0.29, 0.717) is 37.4 Å². The standard InChI is InChI=1S/C27H18BrCl3N2O3/c1-13(23(34)32-14-10-11-19(28)20(29)12-14)33-24(35)21-22(25(33)36)27(31)16-7-3-2-6-15(16)26(21,30)17-8-4-5-9-18(17)27/h2-13,21-22H,1H3,(H,32,34)/t13-,21-,22+,26?,27?/m1/s1. The molecule has 1 saturated heterocycles. The lowest BCUT2D eigenvalue weighted by Crippen LogP contribution is -2.57. The number of carbonyl (C=O) groups is 3. The number of amides is 3. The number of hydrogen-bond acceptors (Lipinski definition) is 3. The number of likely N-dealkylation sites (tertiary alicyclic amines) is 1. The monoisotopic (exact) mass is 602 g/mol. The van der Waals surface area contributed by atoms with Crippen LogP contribution in [0.4, 0.5) is 5.69 Å². The average Bonchev–Trinajstić information content (AvgIpc) is 3.15. The molecule has 182 valence electrons. The first-order valence-electron chi connectivity index (χ1n) is 11.3. The first-order valence-corrected chi connectivity index (χ1v) is 13.2. The van der Waals surface area contributed by atoms with E-state index in [0.717, 1.165) is 4.90 Å². The van der Waals surface area contributed by atoms with Crippen molar-refractivity contribution >= 4 is 74.1 Å². The lowest BCUT2D eigenvalue weighted by molar-refractivity contribution is -0.146. The van der Waals surface area contributed by atoms with E-state index in [4.69, 9.17) is 34.8 Å². The Balaban J connectivity index is 1.43. The molecule has 36 heavy (non-hydrogen) atoms. The van der Waals surface area contributed by atoms with Gasteiger partial charge in [-0.15, -0.1) is 23.2 Å². The summed E-state index contributed by atoms with van der Waals surface area (Å²) < 4.78 is 0.679. The molecule has 3 aromatic carbocycles. The zero-order valence-corrected chi connectivity index (χ0v) is 22.6. The molecule has 3 amide bonds. The highest BCUT2D eigenvalue weighted by atomic mass is 79.9. The number of imide groups is 1. The quantitative estimate of drug-likeness (QED) is 0.294. The van der Waals surface area contributed by atoms with Crippen LogP contribution in [0.25, 0.3) is 0 Å². The Hall–Kier alpha value is -2.38. The van der Waals surface area contributed by atoms with Crippen molar-refractivity contribution in [1.82, 2.24) is 4.90 Å². The molecule has 1 N–H and O–H groups in total. The van der Waals surface area contributed by atoms with Gasteiger partial charge < -0.3 is 5.32 Å². The van der Waals surface area contributed by atoms with Crippen molar-refractivity contribution in [3.8, 4) is 0 Å². The average molecular weight is 605 g/mol. The van der Waals surface area contributed by atoms with Crippen molar-refractivity contribution < 1.29 is 14.4 Å². The molecule has 3 aliphatic carbocycles. The van der Waals surface area contributed by atoms with Crippen molar-refractivity contribution in [1.29, 1.82) is 0 Å². The van der Waals surface area contributed by atoms with Gasteiger partial charge in [-0.1, -0.05) is 60.1 Å². The van der Waals surface area contributed by atoms with Gasteiger partial charge in [0.05, 0.1) is 16.9 Å². The fourth-order valence-electron chi connectivity index (χ4n) is 6.01. The minimum atomic E-state index is -1.29. The number of halogens is 4. The third-order valence-electron chi connectivity index (χ3n) is 7.57. The number of nitrogens with one attached hydrogen (secondary N) is 1. The van der Waals surface area contributed by atoms with Crippen LogP contribution in [-0.2, 0) is 24.1 Å². The van der Waals surface area contributed by atoms with Crippen molar-refractivity contribution in [3.63, 3.8) is 0 Å². The molecular formula is C27H18BrCl3N2O3. The van der Waals surface area contributed by atoms with Gasteiger partial charge >= 0.3 is 0 Å². The van der Waals surface area contributed by atoms with Gasteiger partial charge in [0.1, 0.15) is 15.8 Å². The van der Waals surface area contributed by atoms with E-state index in [1.807, 2.05) is 48.5 Å². The molecule has 1 aliphatic heterocycles. The summed E-state index contributed by atoms with van der Waals surface area (Å²) in [4.78, 5) is 39.6. The summed E-state index contributed by atoms with van der Waals surface area (Å²) in [6.07, 6.45) is 0. The Labute approximate surface area is 230 Å². The maximum atomic E-state index is 14.0. The SMILES string of the molecule is C[C@H](C(=O)Nc1ccc(Br)c(Cl)c1)N1C(=O)[C@@H]2[C@H](C1=O)C1(Cl)c3ccccc3C2(Cl)c2ccccc21. The predicted octanol–water partition coefficient (Wildman–Crippen LogP) is 6.02. The summed E-state index contributed by atoms with van der Waals surface area (Å²) in [6.45, 7) is 1.52. The highest BCUT2D eigenvalue weighted by molar-refractivity contribution is 9.10. The lowest BCUT2D eigenvalue weighted by atomic mass is 9.54. The minimum Gasteiger partial charge on any atom is -0.324 e. The van der Waals surface area contributed by atoms with Crippen LogP contribution in [0, 0.1) is 11.8 Å². The Bertz CT molecular complexity index is 1370. The highest BCUT2D eigenvalue weighted by Gasteiger charge is 2.73. The second-order valence-corrected chi connectivity index (χ2v) is 11.8. The maximum Gasteiger partial charge on any atom is 0.247 e. The van der Waals surface area contributed by atoms with Crippen LogP contribution >= 0.6 is 50.7 Å². The predicted molar refractivity (Wildman–Crippen MR) is 142 cm³/mol. The molecule has 9 heteroatoms. The first kappa shape index (κ1) is 24.0. The summed E-state index contributed by atoms with van der Waals surface area (Å²) in [5.41, 5.74) is 3.30. The Morgan fingerprint density at radius 1 is 0.889 bits per heavy atom. The second kappa shape index (κ2) is 8.06. The molecule has 0 aromatic heterocycles. The zero-order chi connectivity index (χ0) is 25.6. The number of carbonyl (C=O) groups excluding carboxylic acids is 3. The van der Waals surface area contributed by atoms with E-state index in [1.165, 1.54) is 6.92 Å². The third-order valence-corrected chi connectivity index (χ3v) is 10.1. The Kier molecular flexibility index (Phi) is 5.37. The number of alkyl halides is 2. The molecule has 0 saturated carbocycles. The maximum absolute atomic E-state index is 14.0. The van der Waals surface area contributed by atoms with Crippen LogP contribution in [0.2, 0.25) is 5.02 Å². The number of anilines is 1. The van der Waals surface area contributed by atoms with Crippen LogP contribution in [0.5, 0.6) is 0 Å². The molecule has 1 heterocycles. The van der Waals surface area contributed by atoms with E-state index >= 15 is 0 Å². The van der Waals surface area contributed by atoms with Gasteiger partial charge in [0.25, 0.3) is 0 Å². The van der Waals surface area contributed by atoms with Gasteiger partial charge in [0, 0.05) is 10.2 Å². The van der Waals surface area contributed by atoms with Crippen LogP contribution in [0.3, 0.4) is 0 Å². The molecule has 0 unspecified atom stereocenters. The molecule has 4 aliphatic rings. The van der Waals surface area contributed by atoms with Crippen LogP contribution in [-0.4, -0.2) is 28.7 Å². The summed E-state index contributed by atoms with van der Waals surface area (Å²) in [7, 11) is 0. The summed E-state index contributed by atoms with van der Waals surface area (Å²) in [5.74, 6) is -3.45. The fourth-order valence-corrected chi connectivity index (χ4v) is 7.53. The number of nitrogens with zero attached hydrogens (tertiary/aromatic N) is 1. The second-order valence-electron chi connectivity index (χ2n) is 9.31. The molecule has 0 radical (unpaired) electrons. The van der Waals surface area contributed by atoms with Gasteiger partial charge in [-0.3, -0.25) is 19.3 Å². The normalized spacial score (nSPS) is 28.4. The van der Waals surface area contributed by atoms with E-state index in [-0.39, 0.29) is 0 Å². The molecule has 2 bridgehead atoms. The van der Waals surface area contributed by atoms with Crippen LogP contribution < -0.4 is 5.32 Å². The van der Waals surface area contributed by atoms with Gasteiger partial charge in [0.15, 0.2) is 0 Å². The van der Waals surface area contributed by atoms with E-state index in [1.54, 1.807) is 18.2 Å². The molecule has 7 rings (SSSR count). The molecule has 0 spiro atoms. The summed E-state index contributed by atoms with van der Waals surface area (Å²) in [6, 6.07) is 18.7. The molecule has 3 atom stereocenters. The molecular weight excluding hydrogens is 587 g/mol. The topological polar surface area (TPSA) is 66.5 Å². The van der Waals surface area contributed by atoms with Crippen molar-refractivity contribution in [2.45, 2.75) is 22.7 Å². The Morgan fingerprint density at radius 2 is 1.33 bits per heavy atom. The largest absolute Gasteiger partial charge is 0.324 e. The zero-order valence-electron chi connectivity index (χ0n) is 18.8. The van der Waals surface area contributed by atoms with Crippen LogP contribution in [0.1, 0.15) is 29.2 Å². The van der Waals surface area contributed by atoms with E-state index in [2.05, 4.69) is 21.2 Å². The third kappa shape index (κ3) is 2.93. The molecule has 3 aromatic rings. The number of rotatable bonds is 3. The van der Waals surface area contributed by atoms with Crippen molar-refractivity contribution in [2.24, 2.45) is 11.8 Å². The number of hydrogen-bond donors (Lipinski definition) is 1. The van der Waals surface area contributed by atoms with Gasteiger partial charge in [-0.05, 0) is 63.3 Å². The Morgan fingerprint density at radius 3 is 1.75 bits per heavy atom. The minimum absolute atomic E-state index is 0.417. The lowest BCUT2D eigenvalue weighted by Gasteiger charge is -2.54. The van der Waals surface area contributed by atoms with Crippen molar-refractivity contribution in [2.75, 3.05) is 5.32 Å². The molecule has 1 fully saturated rings. The van der Waals surface area contributed by atoms with Crippen molar-refractivity contribution in [3.05, 3.63) is 98.5 Å². The fraction of sp³-hybridized carbons (Fsp3) is 0.222. The van der Waals surface area contributed by atoms with Gasteiger partial charge in [0.2, 0.25) is 17.7 Å². The van der Waals surface area contributed by atoms with E-state index < -0.39 is 45.3 Å². The van der Waals surface area contributed by atoms with Crippen LogP contribution in [0.15, 0.2) is 71.2 Å².